The summed E-state index contributed by atoms with van der Waals surface area (Å²) < 4.78 is 18.9. The van der Waals surface area contributed by atoms with E-state index in [4.69, 9.17) is 27.9 Å². The summed E-state index contributed by atoms with van der Waals surface area (Å²) in [7, 11) is 0. The average molecular weight is 484 g/mol. The maximum Gasteiger partial charge on any atom is 0.319 e. The fourth-order valence-corrected chi connectivity index (χ4v) is 4.04. The maximum absolute atomic E-state index is 13.0. The van der Waals surface area contributed by atoms with Crippen LogP contribution in [0.15, 0.2) is 42.5 Å². The molecule has 0 unspecified atom stereocenters. The fraction of sp³-hybridized carbons (Fsp3) is 0.364. The lowest BCUT2D eigenvalue weighted by atomic mass is 9.97. The van der Waals surface area contributed by atoms with E-state index in [9.17, 15) is 19.1 Å². The van der Waals surface area contributed by atoms with Crippen molar-refractivity contribution in [3.05, 3.63) is 63.9 Å². The standard InChI is InChI=1S/C22H24Cl2FN3O4/c23-14-9-13(10-15(24)11-14)21(30)26-8-7-18-5-6-19(20(12-29)32-18)28-22(31)27-17-3-1-16(25)2-4-17/h1-4,9-11,18-20,29H,5-8,12H2,(H,26,30)(H2,27,28,31)/t18-,19+,20+/m0/s1. The highest BCUT2D eigenvalue weighted by Gasteiger charge is 2.31. The van der Waals surface area contributed by atoms with Crippen LogP contribution in [0.25, 0.3) is 0 Å². The van der Waals surface area contributed by atoms with Crippen molar-refractivity contribution in [1.29, 1.82) is 0 Å². The lowest BCUT2D eigenvalue weighted by Gasteiger charge is -2.36. The van der Waals surface area contributed by atoms with Gasteiger partial charge in [0.15, 0.2) is 0 Å². The van der Waals surface area contributed by atoms with Gasteiger partial charge in [-0.3, -0.25) is 4.79 Å². The van der Waals surface area contributed by atoms with E-state index in [1.165, 1.54) is 36.4 Å². The van der Waals surface area contributed by atoms with Gasteiger partial charge in [0.1, 0.15) is 11.9 Å². The Labute approximate surface area is 195 Å². The normalized spacial score (nSPS) is 20.4. The van der Waals surface area contributed by atoms with Crippen LogP contribution in [0.1, 0.15) is 29.6 Å². The number of aliphatic hydroxyl groups is 1. The molecule has 1 heterocycles. The Morgan fingerprint density at radius 3 is 2.44 bits per heavy atom. The highest BCUT2D eigenvalue weighted by atomic mass is 35.5. The smallest absolute Gasteiger partial charge is 0.319 e. The number of benzene rings is 2. The van der Waals surface area contributed by atoms with Gasteiger partial charge in [0.25, 0.3) is 5.91 Å². The molecule has 3 amide bonds. The molecule has 0 aliphatic carbocycles. The number of urea groups is 1. The van der Waals surface area contributed by atoms with E-state index < -0.39 is 18.0 Å². The predicted molar refractivity (Wildman–Crippen MR) is 121 cm³/mol. The molecule has 3 rings (SSSR count). The second-order valence-electron chi connectivity index (χ2n) is 7.47. The van der Waals surface area contributed by atoms with E-state index >= 15 is 0 Å². The molecule has 1 saturated heterocycles. The first-order valence-electron chi connectivity index (χ1n) is 10.2. The van der Waals surface area contributed by atoms with Crippen molar-refractivity contribution in [3.8, 4) is 0 Å². The number of ether oxygens (including phenoxy) is 1. The summed E-state index contributed by atoms with van der Waals surface area (Å²) in [5.41, 5.74) is 0.826. The van der Waals surface area contributed by atoms with Crippen LogP contribution in [0.4, 0.5) is 14.9 Å². The van der Waals surface area contributed by atoms with Crippen molar-refractivity contribution in [2.45, 2.75) is 37.5 Å². The minimum atomic E-state index is -0.574. The Hall–Kier alpha value is -2.39. The Balaban J connectivity index is 1.44. The largest absolute Gasteiger partial charge is 0.394 e. The van der Waals surface area contributed by atoms with Gasteiger partial charge >= 0.3 is 6.03 Å². The number of aliphatic hydroxyl groups excluding tert-OH is 1. The molecule has 4 N–H and O–H groups in total. The molecule has 0 aromatic heterocycles. The van der Waals surface area contributed by atoms with E-state index in [0.29, 0.717) is 47.1 Å². The molecular weight excluding hydrogens is 460 g/mol. The number of rotatable bonds is 7. The number of halogens is 3. The van der Waals surface area contributed by atoms with Crippen molar-refractivity contribution < 1.29 is 23.8 Å². The van der Waals surface area contributed by atoms with Crippen LogP contribution in [0, 0.1) is 5.82 Å². The Bertz CT molecular complexity index is 925. The van der Waals surface area contributed by atoms with Gasteiger partial charge in [0.05, 0.1) is 18.8 Å². The molecule has 1 fully saturated rings. The number of hydrogen-bond donors (Lipinski definition) is 4. The van der Waals surface area contributed by atoms with E-state index in [2.05, 4.69) is 16.0 Å². The van der Waals surface area contributed by atoms with Crippen LogP contribution < -0.4 is 16.0 Å². The Kier molecular flexibility index (Phi) is 8.69. The van der Waals surface area contributed by atoms with Gasteiger partial charge in [-0.2, -0.15) is 0 Å². The minimum absolute atomic E-state index is 0.173. The highest BCUT2D eigenvalue weighted by Crippen LogP contribution is 2.22. The molecule has 0 saturated carbocycles. The summed E-state index contributed by atoms with van der Waals surface area (Å²) in [6, 6.07) is 9.20. The van der Waals surface area contributed by atoms with Gasteiger partial charge in [-0.25, -0.2) is 9.18 Å². The second kappa shape index (κ2) is 11.5. The van der Waals surface area contributed by atoms with E-state index in [0.717, 1.165) is 0 Å². The number of carbonyl (C=O) groups excluding carboxylic acids is 2. The summed E-state index contributed by atoms with van der Waals surface area (Å²) in [5, 5.41) is 18.7. The topological polar surface area (TPSA) is 99.7 Å². The molecule has 1 aliphatic rings. The summed E-state index contributed by atoms with van der Waals surface area (Å²) in [5.74, 6) is -0.684. The quantitative estimate of drug-likeness (QED) is 0.478. The summed E-state index contributed by atoms with van der Waals surface area (Å²) in [4.78, 5) is 24.5. The number of nitrogens with one attached hydrogen (secondary N) is 3. The predicted octanol–water partition coefficient (Wildman–Crippen LogP) is 3.98. The molecule has 0 radical (unpaired) electrons. The summed E-state index contributed by atoms with van der Waals surface area (Å²) in [6.07, 6.45) is 1.05. The molecule has 2 aromatic rings. The molecule has 172 valence electrons. The van der Waals surface area contributed by atoms with Gasteiger partial charge in [-0.05, 0) is 61.7 Å². The first-order chi connectivity index (χ1) is 15.3. The fourth-order valence-electron chi connectivity index (χ4n) is 3.51. The SMILES string of the molecule is O=C(Nc1ccc(F)cc1)N[C@@H]1CC[C@@H](CCNC(=O)c2cc(Cl)cc(Cl)c2)O[C@@H]1CO. The molecule has 1 aliphatic heterocycles. The van der Waals surface area contributed by atoms with Gasteiger partial charge in [0, 0.05) is 27.8 Å². The molecule has 3 atom stereocenters. The number of amides is 3. The Morgan fingerprint density at radius 1 is 1.09 bits per heavy atom. The Morgan fingerprint density at radius 2 is 1.78 bits per heavy atom. The zero-order valence-corrected chi connectivity index (χ0v) is 18.6. The zero-order valence-electron chi connectivity index (χ0n) is 17.1. The molecule has 0 bridgehead atoms. The van der Waals surface area contributed by atoms with Gasteiger partial charge in [-0.15, -0.1) is 0 Å². The highest BCUT2D eigenvalue weighted by molar-refractivity contribution is 6.35. The monoisotopic (exact) mass is 483 g/mol. The molecule has 0 spiro atoms. The van der Waals surface area contributed by atoms with Crippen molar-refractivity contribution >= 4 is 40.8 Å². The number of anilines is 1. The van der Waals surface area contributed by atoms with E-state index in [1.54, 1.807) is 6.07 Å². The van der Waals surface area contributed by atoms with Crippen LogP contribution in [0.2, 0.25) is 10.0 Å². The number of hydrogen-bond acceptors (Lipinski definition) is 4. The van der Waals surface area contributed by atoms with Crippen LogP contribution >= 0.6 is 23.2 Å². The molecule has 10 heteroatoms. The zero-order chi connectivity index (χ0) is 23.1. The molecule has 7 nitrogen and oxygen atoms in total. The van der Waals surface area contributed by atoms with Crippen LogP contribution in [-0.2, 0) is 4.74 Å². The van der Waals surface area contributed by atoms with Crippen molar-refractivity contribution in [1.82, 2.24) is 10.6 Å². The van der Waals surface area contributed by atoms with Gasteiger partial charge in [-0.1, -0.05) is 23.2 Å². The minimum Gasteiger partial charge on any atom is -0.394 e. The van der Waals surface area contributed by atoms with Crippen molar-refractivity contribution in [2.24, 2.45) is 0 Å². The third-order valence-corrected chi connectivity index (χ3v) is 5.53. The third kappa shape index (κ3) is 7.06. The first kappa shape index (κ1) is 24.3. The van der Waals surface area contributed by atoms with Gasteiger partial charge < -0.3 is 25.8 Å². The van der Waals surface area contributed by atoms with Crippen LogP contribution in [0.5, 0.6) is 0 Å². The van der Waals surface area contributed by atoms with E-state index in [1.807, 2.05) is 0 Å². The summed E-state index contributed by atoms with van der Waals surface area (Å²) in [6.45, 7) is 0.111. The van der Waals surface area contributed by atoms with E-state index in [-0.39, 0.29) is 24.7 Å². The number of carbonyl (C=O) groups is 2. The molecule has 2 aromatic carbocycles. The van der Waals surface area contributed by atoms with Crippen LogP contribution in [-0.4, -0.2) is 48.4 Å². The van der Waals surface area contributed by atoms with Crippen LogP contribution in [0.3, 0.4) is 0 Å². The lowest BCUT2D eigenvalue weighted by Crippen LogP contribution is -2.52. The molecule has 32 heavy (non-hydrogen) atoms. The lowest BCUT2D eigenvalue weighted by molar-refractivity contribution is -0.0886. The summed E-state index contributed by atoms with van der Waals surface area (Å²) >= 11 is 11.9. The van der Waals surface area contributed by atoms with Crippen molar-refractivity contribution in [2.75, 3.05) is 18.5 Å². The van der Waals surface area contributed by atoms with Gasteiger partial charge in [0.2, 0.25) is 0 Å². The maximum atomic E-state index is 13.0. The molecular formula is C22H24Cl2FN3O4. The average Bonchev–Trinajstić information content (AvgIpc) is 2.75. The third-order valence-electron chi connectivity index (χ3n) is 5.09. The second-order valence-corrected chi connectivity index (χ2v) is 8.34. The first-order valence-corrected chi connectivity index (χ1v) is 10.9. The van der Waals surface area contributed by atoms with Crippen molar-refractivity contribution in [3.63, 3.8) is 0 Å².